The van der Waals surface area contributed by atoms with E-state index in [0.29, 0.717) is 17.5 Å². The highest BCUT2D eigenvalue weighted by Gasteiger charge is 2.35. The summed E-state index contributed by atoms with van der Waals surface area (Å²) in [6.07, 6.45) is 0. The molecule has 12 rings (SSSR count). The van der Waals surface area contributed by atoms with Gasteiger partial charge >= 0.3 is 0 Å². The molecule has 2 heterocycles. The molecule has 1 aliphatic rings. The summed E-state index contributed by atoms with van der Waals surface area (Å²) in [5.41, 5.74) is 15.2. The summed E-state index contributed by atoms with van der Waals surface area (Å²) in [4.78, 5) is 17.6. The average molecular weight is 809 g/mol. The molecule has 0 aliphatic heterocycles. The number of rotatable bonds is 7. The number of nitrogens with zero attached hydrogens (tertiary/aromatic N) is 4. The van der Waals surface area contributed by atoms with Crippen LogP contribution in [-0.2, 0) is 5.41 Å². The molecule has 1 aliphatic carbocycles. The van der Waals surface area contributed by atoms with E-state index in [1.54, 1.807) is 0 Å². The average Bonchev–Trinajstić information content (AvgIpc) is 3.84. The maximum absolute atomic E-state index is 6.79. The molecule has 298 valence electrons. The fourth-order valence-electron chi connectivity index (χ4n) is 9.66. The highest BCUT2D eigenvalue weighted by Crippen LogP contribution is 2.51. The minimum absolute atomic E-state index is 0.0594. The highest BCUT2D eigenvalue weighted by atomic mass is 16.3. The Balaban J connectivity index is 1.01. The van der Waals surface area contributed by atoms with E-state index in [2.05, 4.69) is 152 Å². The van der Waals surface area contributed by atoms with Crippen LogP contribution in [0.2, 0.25) is 0 Å². The fourth-order valence-corrected chi connectivity index (χ4v) is 9.66. The van der Waals surface area contributed by atoms with Crippen LogP contribution in [0.5, 0.6) is 0 Å². The third-order valence-corrected chi connectivity index (χ3v) is 12.7. The normalized spacial score (nSPS) is 12.7. The number of fused-ring (bicyclic) bond motifs is 8. The molecule has 9 aromatic carbocycles. The van der Waals surface area contributed by atoms with Gasteiger partial charge < -0.3 is 9.32 Å². The molecule has 0 atom stereocenters. The third kappa shape index (κ3) is 6.04. The number of benzene rings is 9. The number of furan rings is 1. The molecule has 2 aromatic heterocycles. The standard InChI is InChI=1S/C58H40N4O/c1-58(2)50-27-15-14-24-44(50)48-35-42(33-34-51(48)58)62(40-21-10-5-11-22-40)41-31-29-37(30-32-41)47-36-49-53-46(26-16-28-52(53)63-54(49)45-25-13-12-23-43(45)47)57-60-55(38-17-6-3-7-18-38)59-56(61-57)39-19-8-4-9-20-39/h3-36H,1-2H3. The van der Waals surface area contributed by atoms with Crippen LogP contribution in [-0.4, -0.2) is 15.0 Å². The van der Waals surface area contributed by atoms with Gasteiger partial charge in [0.25, 0.3) is 0 Å². The van der Waals surface area contributed by atoms with Crippen molar-refractivity contribution in [1.82, 2.24) is 15.0 Å². The number of hydrogen-bond acceptors (Lipinski definition) is 5. The molecule has 0 saturated heterocycles. The van der Waals surface area contributed by atoms with Crippen LogP contribution < -0.4 is 4.90 Å². The molecule has 0 spiro atoms. The van der Waals surface area contributed by atoms with Gasteiger partial charge in [-0.15, -0.1) is 0 Å². The Labute approximate surface area is 365 Å². The Morgan fingerprint density at radius 3 is 1.65 bits per heavy atom. The Morgan fingerprint density at radius 2 is 0.937 bits per heavy atom. The van der Waals surface area contributed by atoms with E-state index in [4.69, 9.17) is 19.4 Å². The van der Waals surface area contributed by atoms with E-state index in [0.717, 1.165) is 77.6 Å². The lowest BCUT2D eigenvalue weighted by Crippen LogP contribution is -2.15. The molecule has 0 bridgehead atoms. The summed E-state index contributed by atoms with van der Waals surface area (Å²) in [5, 5.41) is 4.15. The van der Waals surface area contributed by atoms with Crippen molar-refractivity contribution in [2.75, 3.05) is 4.90 Å². The van der Waals surface area contributed by atoms with Crippen LogP contribution in [0.3, 0.4) is 0 Å². The van der Waals surface area contributed by atoms with Crippen molar-refractivity contribution in [3.05, 3.63) is 217 Å². The zero-order valence-corrected chi connectivity index (χ0v) is 34.8. The highest BCUT2D eigenvalue weighted by molar-refractivity contribution is 6.22. The minimum Gasteiger partial charge on any atom is -0.455 e. The molecule has 5 heteroatoms. The number of aromatic nitrogens is 3. The topological polar surface area (TPSA) is 55.1 Å². The molecule has 0 unspecified atom stereocenters. The second-order valence-corrected chi connectivity index (χ2v) is 16.8. The van der Waals surface area contributed by atoms with Gasteiger partial charge in [-0.3, -0.25) is 0 Å². The van der Waals surface area contributed by atoms with Crippen molar-refractivity contribution in [2.45, 2.75) is 19.3 Å². The summed E-state index contributed by atoms with van der Waals surface area (Å²) in [5.74, 6) is 1.83. The molecule has 5 nitrogen and oxygen atoms in total. The maximum Gasteiger partial charge on any atom is 0.164 e. The second kappa shape index (κ2) is 14.5. The monoisotopic (exact) mass is 808 g/mol. The molecular formula is C58H40N4O. The van der Waals surface area contributed by atoms with E-state index in [1.807, 2.05) is 72.8 Å². The van der Waals surface area contributed by atoms with Gasteiger partial charge in [0.05, 0.1) is 0 Å². The van der Waals surface area contributed by atoms with Gasteiger partial charge in [0.1, 0.15) is 11.2 Å². The lowest BCUT2D eigenvalue weighted by molar-refractivity contribution is 0.660. The van der Waals surface area contributed by atoms with Crippen molar-refractivity contribution in [2.24, 2.45) is 0 Å². The van der Waals surface area contributed by atoms with E-state index in [1.165, 1.54) is 22.3 Å². The lowest BCUT2D eigenvalue weighted by atomic mass is 9.82. The van der Waals surface area contributed by atoms with E-state index in [9.17, 15) is 0 Å². The smallest absolute Gasteiger partial charge is 0.164 e. The van der Waals surface area contributed by atoms with Crippen molar-refractivity contribution in [3.63, 3.8) is 0 Å². The SMILES string of the molecule is CC1(C)c2ccccc2-c2cc(N(c3ccccc3)c3ccc(-c4cc5c(oc6cccc(-c7nc(-c8ccccc8)nc(-c8ccccc8)n7)c65)c5ccccc45)cc3)ccc21. The maximum atomic E-state index is 6.79. The Morgan fingerprint density at radius 1 is 0.381 bits per heavy atom. The van der Waals surface area contributed by atoms with Crippen LogP contribution in [0.4, 0.5) is 17.1 Å². The number of para-hydroxylation sites is 1. The molecule has 63 heavy (non-hydrogen) atoms. The molecule has 0 radical (unpaired) electrons. The Kier molecular flexibility index (Phi) is 8.44. The number of anilines is 3. The molecule has 0 amide bonds. The van der Waals surface area contributed by atoms with Gasteiger partial charge in [0.15, 0.2) is 17.5 Å². The van der Waals surface area contributed by atoms with Gasteiger partial charge in [-0.2, -0.15) is 0 Å². The van der Waals surface area contributed by atoms with E-state index in [-0.39, 0.29) is 5.41 Å². The lowest BCUT2D eigenvalue weighted by Gasteiger charge is -2.27. The molecular weight excluding hydrogens is 769 g/mol. The zero-order chi connectivity index (χ0) is 42.1. The molecule has 0 saturated carbocycles. The molecule has 0 N–H and O–H groups in total. The molecule has 11 aromatic rings. The first-order valence-electron chi connectivity index (χ1n) is 21.4. The van der Waals surface area contributed by atoms with Crippen LogP contribution in [0, 0.1) is 0 Å². The zero-order valence-electron chi connectivity index (χ0n) is 34.8. The summed E-state index contributed by atoms with van der Waals surface area (Å²) in [7, 11) is 0. The Bertz CT molecular complexity index is 3470. The van der Waals surface area contributed by atoms with Crippen molar-refractivity contribution < 1.29 is 4.42 Å². The quantitative estimate of drug-likeness (QED) is 0.160. The summed E-state index contributed by atoms with van der Waals surface area (Å²) in [6, 6.07) is 72.6. The first kappa shape index (κ1) is 36.7. The summed E-state index contributed by atoms with van der Waals surface area (Å²) >= 11 is 0. The van der Waals surface area contributed by atoms with Crippen molar-refractivity contribution in [1.29, 1.82) is 0 Å². The fraction of sp³-hybridized carbons (Fsp3) is 0.0517. The van der Waals surface area contributed by atoms with Crippen molar-refractivity contribution >= 4 is 49.8 Å². The first-order valence-corrected chi connectivity index (χ1v) is 21.4. The predicted octanol–water partition coefficient (Wildman–Crippen LogP) is 15.4. The Hall–Kier alpha value is -8.15. The van der Waals surface area contributed by atoms with Crippen LogP contribution in [0.25, 0.3) is 89.1 Å². The predicted molar refractivity (Wildman–Crippen MR) is 259 cm³/mol. The minimum atomic E-state index is -0.0594. The third-order valence-electron chi connectivity index (χ3n) is 12.7. The summed E-state index contributed by atoms with van der Waals surface area (Å²) in [6.45, 7) is 4.66. The summed E-state index contributed by atoms with van der Waals surface area (Å²) < 4.78 is 6.79. The van der Waals surface area contributed by atoms with Gasteiger partial charge in [-0.1, -0.05) is 172 Å². The van der Waals surface area contributed by atoms with E-state index >= 15 is 0 Å². The first-order chi connectivity index (χ1) is 31.0. The van der Waals surface area contributed by atoms with Crippen molar-refractivity contribution in [3.8, 4) is 56.4 Å². The van der Waals surface area contributed by atoms with Crippen LogP contribution in [0.15, 0.2) is 211 Å². The van der Waals surface area contributed by atoms with Gasteiger partial charge in [0.2, 0.25) is 0 Å². The van der Waals surface area contributed by atoms with Gasteiger partial charge in [0, 0.05) is 55.3 Å². The number of hydrogen-bond donors (Lipinski definition) is 0. The van der Waals surface area contributed by atoms with Gasteiger partial charge in [-0.25, -0.2) is 15.0 Å². The molecule has 0 fully saturated rings. The second-order valence-electron chi connectivity index (χ2n) is 16.8. The van der Waals surface area contributed by atoms with Gasteiger partial charge in [-0.05, 0) is 87.3 Å². The largest absolute Gasteiger partial charge is 0.455 e. The van der Waals surface area contributed by atoms with Crippen LogP contribution >= 0.6 is 0 Å². The van der Waals surface area contributed by atoms with E-state index < -0.39 is 0 Å². The van der Waals surface area contributed by atoms with Crippen LogP contribution in [0.1, 0.15) is 25.0 Å².